The summed E-state index contributed by atoms with van der Waals surface area (Å²) in [4.78, 5) is 27.3. The molecule has 1 fully saturated rings. The third-order valence-electron chi connectivity index (χ3n) is 2.93. The normalized spacial score (nSPS) is 15.4. The lowest BCUT2D eigenvalue weighted by Gasteiger charge is -2.08. The number of benzene rings is 1. The zero-order valence-corrected chi connectivity index (χ0v) is 9.40. The second-order valence-electron chi connectivity index (χ2n) is 4.19. The van der Waals surface area contributed by atoms with Crippen molar-refractivity contribution in [2.45, 2.75) is 18.8 Å². The monoisotopic (exact) mass is 254 g/mol. The molecular weight excluding hydrogens is 247 g/mol. The van der Waals surface area contributed by atoms with E-state index < -0.39 is 16.9 Å². The molecule has 2 N–H and O–H groups in total. The van der Waals surface area contributed by atoms with Crippen LogP contribution in [0, 0.1) is 5.82 Å². The van der Waals surface area contributed by atoms with Gasteiger partial charge in [0, 0.05) is 11.6 Å². The quantitative estimate of drug-likeness (QED) is 0.763. The number of rotatable bonds is 1. The van der Waals surface area contributed by atoms with Gasteiger partial charge in [0.2, 0.25) is 0 Å². The molecule has 3 rings (SSSR count). The van der Waals surface area contributed by atoms with Gasteiger partial charge in [-0.15, -0.1) is 0 Å². The molecule has 1 heterocycles. The average Bonchev–Trinajstić information content (AvgIpc) is 3.07. The minimum absolute atomic E-state index is 0.0303. The number of H-pyrrole nitrogens is 2. The van der Waals surface area contributed by atoms with Gasteiger partial charge in [-0.05, 0) is 18.8 Å². The number of aromatic nitrogens is 2. The Labute approximate surface area is 99.4 Å². The Morgan fingerprint density at radius 2 is 1.88 bits per heavy atom. The number of nitrogens with one attached hydrogen (secondary N) is 2. The zero-order valence-electron chi connectivity index (χ0n) is 8.64. The van der Waals surface area contributed by atoms with Crippen LogP contribution in [-0.2, 0) is 0 Å². The predicted octanol–water partition coefficient (Wildman–Crippen LogP) is 1.89. The molecule has 0 amide bonds. The summed E-state index contributed by atoms with van der Waals surface area (Å²) in [7, 11) is 0. The van der Waals surface area contributed by atoms with Crippen LogP contribution < -0.4 is 11.1 Å². The molecule has 0 saturated heterocycles. The van der Waals surface area contributed by atoms with Crippen molar-refractivity contribution in [1.82, 2.24) is 9.97 Å². The van der Waals surface area contributed by atoms with Crippen LogP contribution in [0.3, 0.4) is 0 Å². The predicted molar refractivity (Wildman–Crippen MR) is 62.1 cm³/mol. The van der Waals surface area contributed by atoms with Gasteiger partial charge in [-0.3, -0.25) is 9.59 Å². The Bertz CT molecular complexity index is 731. The highest BCUT2D eigenvalue weighted by Crippen LogP contribution is 2.46. The van der Waals surface area contributed by atoms with Crippen LogP contribution in [0.15, 0.2) is 15.7 Å². The van der Waals surface area contributed by atoms with Crippen molar-refractivity contribution >= 4 is 22.6 Å². The van der Waals surface area contributed by atoms with Crippen molar-refractivity contribution in [1.29, 1.82) is 0 Å². The maximum atomic E-state index is 13.6. The lowest BCUT2D eigenvalue weighted by Crippen LogP contribution is -2.29. The number of hydrogen-bond acceptors (Lipinski definition) is 2. The van der Waals surface area contributed by atoms with Crippen molar-refractivity contribution in [3.8, 4) is 0 Å². The number of halogens is 2. The van der Waals surface area contributed by atoms with Gasteiger partial charge in [0.25, 0.3) is 0 Å². The standard InChI is InChI=1S/C11H8ClFN2O2/c12-8-5(13)3-6-9(7(8)4-1-2-4)15-11(17)10(16)14-6/h3-4H,1-2H2,(H,14,16)(H,15,17). The molecule has 0 atom stereocenters. The SMILES string of the molecule is O=c1[nH]c2cc(F)c(Cl)c(C3CC3)c2[nH]c1=O. The molecule has 0 spiro atoms. The Hall–Kier alpha value is -1.62. The largest absolute Gasteiger partial charge is 0.316 e. The van der Waals surface area contributed by atoms with Crippen molar-refractivity contribution in [2.75, 3.05) is 0 Å². The van der Waals surface area contributed by atoms with Crippen molar-refractivity contribution in [3.63, 3.8) is 0 Å². The molecule has 1 aromatic heterocycles. The Kier molecular flexibility index (Phi) is 2.13. The zero-order chi connectivity index (χ0) is 12.2. The van der Waals surface area contributed by atoms with Crippen LogP contribution in [0.5, 0.6) is 0 Å². The fourth-order valence-corrected chi connectivity index (χ4v) is 2.29. The summed E-state index contributed by atoms with van der Waals surface area (Å²) in [5, 5.41) is 0.0303. The van der Waals surface area contributed by atoms with Gasteiger partial charge >= 0.3 is 11.1 Å². The summed E-state index contributed by atoms with van der Waals surface area (Å²) in [6.07, 6.45) is 1.83. The maximum Gasteiger partial charge on any atom is 0.314 e. The van der Waals surface area contributed by atoms with Gasteiger partial charge < -0.3 is 9.97 Å². The minimum atomic E-state index is -0.791. The first kappa shape index (κ1) is 10.5. The topological polar surface area (TPSA) is 65.7 Å². The molecule has 1 aliphatic rings. The third kappa shape index (κ3) is 1.58. The highest BCUT2D eigenvalue weighted by Gasteiger charge is 2.30. The van der Waals surface area contributed by atoms with Crippen molar-refractivity contribution in [2.24, 2.45) is 0 Å². The average molecular weight is 255 g/mol. The van der Waals surface area contributed by atoms with Crippen LogP contribution in [0.25, 0.3) is 11.0 Å². The van der Waals surface area contributed by atoms with Gasteiger partial charge in [0.1, 0.15) is 5.82 Å². The first-order valence-electron chi connectivity index (χ1n) is 5.22. The van der Waals surface area contributed by atoms with E-state index in [0.29, 0.717) is 11.1 Å². The molecule has 0 radical (unpaired) electrons. The summed E-state index contributed by atoms with van der Waals surface area (Å²) in [5.74, 6) is -0.411. The maximum absolute atomic E-state index is 13.6. The van der Waals surface area contributed by atoms with Crippen LogP contribution in [0.1, 0.15) is 24.3 Å². The van der Waals surface area contributed by atoms with Crippen LogP contribution in [-0.4, -0.2) is 9.97 Å². The van der Waals surface area contributed by atoms with Crippen molar-refractivity contribution < 1.29 is 4.39 Å². The summed E-state index contributed by atoms with van der Waals surface area (Å²) in [6, 6.07) is 1.13. The molecule has 6 heteroatoms. The van der Waals surface area contributed by atoms with E-state index in [4.69, 9.17) is 11.6 Å². The highest BCUT2D eigenvalue weighted by molar-refractivity contribution is 6.32. The second-order valence-corrected chi connectivity index (χ2v) is 4.57. The van der Waals surface area contributed by atoms with E-state index in [1.54, 1.807) is 0 Å². The lowest BCUT2D eigenvalue weighted by atomic mass is 10.1. The fraction of sp³-hybridized carbons (Fsp3) is 0.273. The molecule has 2 aromatic rings. The van der Waals surface area contributed by atoms with Gasteiger partial charge in [-0.25, -0.2) is 4.39 Å². The Morgan fingerprint density at radius 3 is 2.53 bits per heavy atom. The van der Waals surface area contributed by atoms with Crippen LogP contribution in [0.2, 0.25) is 5.02 Å². The molecule has 0 bridgehead atoms. The smallest absolute Gasteiger partial charge is 0.314 e. The molecular formula is C11H8ClFN2O2. The molecule has 88 valence electrons. The number of fused-ring (bicyclic) bond motifs is 1. The van der Waals surface area contributed by atoms with E-state index in [1.807, 2.05) is 0 Å². The molecule has 17 heavy (non-hydrogen) atoms. The van der Waals surface area contributed by atoms with E-state index in [-0.39, 0.29) is 16.5 Å². The van der Waals surface area contributed by atoms with E-state index in [2.05, 4.69) is 9.97 Å². The van der Waals surface area contributed by atoms with Gasteiger partial charge in [0.15, 0.2) is 0 Å². The fourth-order valence-electron chi connectivity index (χ4n) is 1.98. The first-order chi connectivity index (χ1) is 8.08. The second kappa shape index (κ2) is 3.43. The molecule has 0 unspecified atom stereocenters. The van der Waals surface area contributed by atoms with Gasteiger partial charge in [-0.2, -0.15) is 0 Å². The molecule has 1 aromatic carbocycles. The summed E-state index contributed by atoms with van der Waals surface area (Å²) < 4.78 is 13.6. The van der Waals surface area contributed by atoms with E-state index >= 15 is 0 Å². The highest BCUT2D eigenvalue weighted by atomic mass is 35.5. The lowest BCUT2D eigenvalue weighted by molar-refractivity contribution is 0.627. The Balaban J connectivity index is 2.49. The number of aromatic amines is 2. The molecule has 0 aliphatic heterocycles. The van der Waals surface area contributed by atoms with Crippen LogP contribution >= 0.6 is 11.6 Å². The van der Waals surface area contributed by atoms with Crippen LogP contribution in [0.4, 0.5) is 4.39 Å². The Morgan fingerprint density at radius 1 is 1.24 bits per heavy atom. The minimum Gasteiger partial charge on any atom is -0.316 e. The first-order valence-corrected chi connectivity index (χ1v) is 5.60. The third-order valence-corrected chi connectivity index (χ3v) is 3.32. The summed E-state index contributed by atoms with van der Waals surface area (Å²) in [5.41, 5.74) is -0.236. The van der Waals surface area contributed by atoms with Gasteiger partial charge in [-0.1, -0.05) is 11.6 Å². The van der Waals surface area contributed by atoms with E-state index in [0.717, 1.165) is 18.9 Å². The summed E-state index contributed by atoms with van der Waals surface area (Å²) >= 11 is 5.91. The van der Waals surface area contributed by atoms with Crippen molar-refractivity contribution in [3.05, 3.63) is 43.2 Å². The summed E-state index contributed by atoms with van der Waals surface area (Å²) in [6.45, 7) is 0. The van der Waals surface area contributed by atoms with Gasteiger partial charge in [0.05, 0.1) is 16.1 Å². The molecule has 1 saturated carbocycles. The molecule has 4 nitrogen and oxygen atoms in total. The van der Waals surface area contributed by atoms with E-state index in [1.165, 1.54) is 0 Å². The van der Waals surface area contributed by atoms with E-state index in [9.17, 15) is 14.0 Å². The number of hydrogen-bond donors (Lipinski definition) is 2. The molecule has 1 aliphatic carbocycles.